The smallest absolute Gasteiger partial charge is 0.407 e. The lowest BCUT2D eigenvalue weighted by atomic mass is 9.45. The lowest BCUT2D eigenvalue weighted by Gasteiger charge is -2.59. The zero-order chi connectivity index (χ0) is 21.7. The number of alkyl carbamates (subject to hydrolysis) is 1. The van der Waals surface area contributed by atoms with Crippen molar-refractivity contribution in [2.24, 2.45) is 10.8 Å². The Hall–Kier alpha value is -2.90. The zero-order valence-corrected chi connectivity index (χ0v) is 17.4. The van der Waals surface area contributed by atoms with E-state index in [9.17, 15) is 19.2 Å². The molecule has 0 atom stereocenters. The van der Waals surface area contributed by atoms with Gasteiger partial charge in [-0.25, -0.2) is 9.59 Å². The van der Waals surface area contributed by atoms with E-state index in [2.05, 4.69) is 5.32 Å². The van der Waals surface area contributed by atoms with E-state index in [0.717, 1.165) is 19.3 Å². The van der Waals surface area contributed by atoms with Gasteiger partial charge in [0.15, 0.2) is 0 Å². The van der Waals surface area contributed by atoms with Gasteiger partial charge in [0.1, 0.15) is 5.60 Å². The van der Waals surface area contributed by atoms with Gasteiger partial charge in [0, 0.05) is 6.54 Å². The van der Waals surface area contributed by atoms with Crippen molar-refractivity contribution in [2.45, 2.75) is 58.5 Å². The third-order valence-electron chi connectivity index (χ3n) is 6.17. The van der Waals surface area contributed by atoms with Crippen LogP contribution in [0.25, 0.3) is 0 Å². The molecule has 8 heteroatoms. The van der Waals surface area contributed by atoms with Crippen LogP contribution in [0.3, 0.4) is 0 Å². The van der Waals surface area contributed by atoms with Gasteiger partial charge < -0.3 is 14.9 Å². The molecule has 1 aliphatic heterocycles. The van der Waals surface area contributed by atoms with Crippen molar-refractivity contribution in [3.05, 3.63) is 35.4 Å². The molecule has 0 bridgehead atoms. The summed E-state index contributed by atoms with van der Waals surface area (Å²) in [5.41, 5.74) is -1.13. The zero-order valence-electron chi connectivity index (χ0n) is 17.4. The molecule has 3 amide bonds. The molecule has 1 aromatic rings. The van der Waals surface area contributed by atoms with Crippen molar-refractivity contribution < 1.29 is 28.8 Å². The number of hydrogen-bond donors (Lipinski definition) is 1. The summed E-state index contributed by atoms with van der Waals surface area (Å²) in [5.74, 6) is -1.99. The SMILES string of the molecule is CC(C)(C)OC(=O)NCC1(C(=O)ON2C(=O)c3ccccc3C2=O)CC2(CCC2)C1. The van der Waals surface area contributed by atoms with E-state index in [-0.39, 0.29) is 23.1 Å². The van der Waals surface area contributed by atoms with Crippen LogP contribution in [0.2, 0.25) is 0 Å². The van der Waals surface area contributed by atoms with Crippen molar-refractivity contribution in [1.29, 1.82) is 0 Å². The number of ether oxygens (including phenoxy) is 1. The maximum atomic E-state index is 13.1. The van der Waals surface area contributed by atoms with Gasteiger partial charge in [0.2, 0.25) is 0 Å². The molecule has 0 unspecified atom stereocenters. The molecule has 2 aliphatic carbocycles. The van der Waals surface area contributed by atoms with Crippen molar-refractivity contribution in [1.82, 2.24) is 10.4 Å². The number of benzene rings is 1. The predicted octanol–water partition coefficient (Wildman–Crippen LogP) is 3.22. The van der Waals surface area contributed by atoms with E-state index in [1.165, 1.54) is 12.1 Å². The number of carbonyl (C=O) groups is 4. The highest BCUT2D eigenvalue weighted by atomic mass is 16.7. The van der Waals surface area contributed by atoms with E-state index >= 15 is 0 Å². The first-order valence-electron chi connectivity index (χ1n) is 10.2. The minimum atomic E-state index is -0.980. The monoisotopic (exact) mass is 414 g/mol. The standard InChI is InChI=1S/C22H26N2O6/c1-20(2,3)29-19(28)23-13-22(11-21(12-22)9-6-10-21)18(27)30-24-16(25)14-7-4-5-8-15(14)17(24)26/h4-5,7-8H,6,9-13H2,1-3H3,(H,23,28). The Labute approximate surface area is 174 Å². The Morgan fingerprint density at radius 3 is 2.10 bits per heavy atom. The first-order chi connectivity index (χ1) is 14.0. The second kappa shape index (κ2) is 6.82. The Balaban J connectivity index is 1.47. The first-order valence-corrected chi connectivity index (χ1v) is 10.2. The van der Waals surface area contributed by atoms with Gasteiger partial charge in [-0.05, 0) is 64.0 Å². The van der Waals surface area contributed by atoms with Crippen LogP contribution in [0.1, 0.15) is 73.6 Å². The fraction of sp³-hybridized carbons (Fsp3) is 0.545. The summed E-state index contributed by atoms with van der Waals surface area (Å²) >= 11 is 0. The molecule has 30 heavy (non-hydrogen) atoms. The van der Waals surface area contributed by atoms with E-state index in [1.54, 1.807) is 32.9 Å². The van der Waals surface area contributed by atoms with Crippen LogP contribution >= 0.6 is 0 Å². The fourth-order valence-electron chi connectivity index (χ4n) is 4.74. The number of hydrogen-bond acceptors (Lipinski definition) is 6. The van der Waals surface area contributed by atoms with E-state index in [1.807, 2.05) is 0 Å². The number of fused-ring (bicyclic) bond motifs is 1. The third-order valence-corrected chi connectivity index (χ3v) is 6.17. The minimum Gasteiger partial charge on any atom is -0.444 e. The van der Waals surface area contributed by atoms with Crippen LogP contribution in [0.5, 0.6) is 0 Å². The number of nitrogens with one attached hydrogen (secondary N) is 1. The van der Waals surface area contributed by atoms with Gasteiger partial charge in [-0.2, -0.15) is 0 Å². The normalized spacial score (nSPS) is 20.8. The quantitative estimate of drug-likeness (QED) is 0.759. The molecule has 1 heterocycles. The fourth-order valence-corrected chi connectivity index (χ4v) is 4.74. The molecule has 1 aromatic carbocycles. The summed E-state index contributed by atoms with van der Waals surface area (Å²) in [6, 6.07) is 6.34. The summed E-state index contributed by atoms with van der Waals surface area (Å²) in [4.78, 5) is 55.6. The molecule has 160 valence electrons. The first kappa shape index (κ1) is 20.4. The highest BCUT2D eigenvalue weighted by Crippen LogP contribution is 2.64. The van der Waals surface area contributed by atoms with Crippen LogP contribution in [0.4, 0.5) is 4.79 Å². The second-order valence-electron chi connectivity index (χ2n) is 9.67. The molecular formula is C22H26N2O6. The average Bonchev–Trinajstić information content (AvgIpc) is 2.83. The summed E-state index contributed by atoms with van der Waals surface area (Å²) in [6.07, 6.45) is 3.66. The molecule has 2 saturated carbocycles. The number of amides is 3. The molecule has 1 spiro atoms. The van der Waals surface area contributed by atoms with Gasteiger partial charge in [-0.15, -0.1) is 0 Å². The molecule has 1 N–H and O–H groups in total. The number of imide groups is 1. The van der Waals surface area contributed by atoms with Crippen LogP contribution in [-0.2, 0) is 14.4 Å². The summed E-state index contributed by atoms with van der Waals surface area (Å²) < 4.78 is 5.26. The predicted molar refractivity (Wildman–Crippen MR) is 105 cm³/mol. The molecular weight excluding hydrogens is 388 g/mol. The number of rotatable bonds is 4. The third kappa shape index (κ3) is 3.44. The Kier molecular flexibility index (Phi) is 4.63. The van der Waals surface area contributed by atoms with Crippen LogP contribution in [0.15, 0.2) is 24.3 Å². The number of carbonyl (C=O) groups excluding carboxylic acids is 4. The van der Waals surface area contributed by atoms with Crippen molar-refractivity contribution >= 4 is 23.9 Å². The van der Waals surface area contributed by atoms with E-state index in [4.69, 9.17) is 9.57 Å². The van der Waals surface area contributed by atoms with Gasteiger partial charge in [-0.1, -0.05) is 23.6 Å². The molecule has 0 radical (unpaired) electrons. The maximum absolute atomic E-state index is 13.1. The van der Waals surface area contributed by atoms with E-state index in [0.29, 0.717) is 17.9 Å². The maximum Gasteiger partial charge on any atom is 0.407 e. The molecule has 0 aromatic heterocycles. The molecule has 3 aliphatic rings. The highest BCUT2D eigenvalue weighted by molar-refractivity contribution is 6.20. The Morgan fingerprint density at radius 2 is 1.63 bits per heavy atom. The second-order valence-corrected chi connectivity index (χ2v) is 9.67. The number of hydroxylamine groups is 2. The average molecular weight is 414 g/mol. The molecule has 2 fully saturated rings. The summed E-state index contributed by atoms with van der Waals surface area (Å²) in [7, 11) is 0. The van der Waals surface area contributed by atoms with Crippen molar-refractivity contribution in [3.63, 3.8) is 0 Å². The lowest BCUT2D eigenvalue weighted by molar-refractivity contribution is -0.202. The van der Waals surface area contributed by atoms with Crippen LogP contribution in [-0.4, -0.2) is 41.1 Å². The van der Waals surface area contributed by atoms with Gasteiger partial charge in [-0.3, -0.25) is 9.59 Å². The molecule has 4 rings (SSSR count). The largest absolute Gasteiger partial charge is 0.444 e. The van der Waals surface area contributed by atoms with Crippen LogP contribution < -0.4 is 5.32 Å². The van der Waals surface area contributed by atoms with Crippen molar-refractivity contribution in [2.75, 3.05) is 6.54 Å². The lowest BCUT2D eigenvalue weighted by Crippen LogP contribution is -2.60. The molecule has 8 nitrogen and oxygen atoms in total. The Morgan fingerprint density at radius 1 is 1.07 bits per heavy atom. The van der Waals surface area contributed by atoms with E-state index < -0.39 is 34.9 Å². The van der Waals surface area contributed by atoms with Gasteiger partial charge in [0.25, 0.3) is 11.8 Å². The van der Waals surface area contributed by atoms with Crippen molar-refractivity contribution in [3.8, 4) is 0 Å². The van der Waals surface area contributed by atoms with Crippen LogP contribution in [0, 0.1) is 10.8 Å². The minimum absolute atomic E-state index is 0.0334. The van der Waals surface area contributed by atoms with Gasteiger partial charge in [0.05, 0.1) is 16.5 Å². The summed E-state index contributed by atoms with van der Waals surface area (Å²) in [6.45, 7) is 5.30. The topological polar surface area (TPSA) is 102 Å². The molecule has 0 saturated heterocycles. The Bertz CT molecular complexity index is 885. The highest BCUT2D eigenvalue weighted by Gasteiger charge is 2.62. The number of nitrogens with zero attached hydrogens (tertiary/aromatic N) is 1. The summed E-state index contributed by atoms with van der Waals surface area (Å²) in [5, 5.41) is 3.20. The van der Waals surface area contributed by atoms with Gasteiger partial charge >= 0.3 is 12.1 Å².